The maximum absolute atomic E-state index is 12.9. The van der Waals surface area contributed by atoms with Gasteiger partial charge in [0.05, 0.1) is 5.56 Å². The number of rotatable bonds is 0. The maximum Gasteiger partial charge on any atom is 0.417 e. The van der Waals surface area contributed by atoms with Gasteiger partial charge in [-0.25, -0.2) is 9.97 Å². The van der Waals surface area contributed by atoms with Gasteiger partial charge in [-0.15, -0.1) is 0 Å². The molecule has 2 nitrogen and oxygen atoms in total. The van der Waals surface area contributed by atoms with Crippen LogP contribution < -0.4 is 0 Å². The summed E-state index contributed by atoms with van der Waals surface area (Å²) >= 11 is 0. The summed E-state index contributed by atoms with van der Waals surface area (Å²) in [5.41, 5.74) is -0.323. The van der Waals surface area contributed by atoms with Crippen molar-refractivity contribution in [2.24, 2.45) is 0 Å². The Morgan fingerprint density at radius 2 is 1.81 bits per heavy atom. The van der Waals surface area contributed by atoms with Gasteiger partial charge in [0.15, 0.2) is 5.82 Å². The fourth-order valence-corrected chi connectivity index (χ4v) is 1.80. The number of halogens is 3. The van der Waals surface area contributed by atoms with Gasteiger partial charge in [-0.3, -0.25) is 0 Å². The summed E-state index contributed by atoms with van der Waals surface area (Å²) in [7, 11) is 0. The van der Waals surface area contributed by atoms with Crippen molar-refractivity contribution in [2.75, 3.05) is 0 Å². The van der Waals surface area contributed by atoms with Crippen molar-refractivity contribution in [3.8, 4) is 22.5 Å². The number of alkyl halides is 3. The molecule has 1 radical (unpaired) electrons. The van der Waals surface area contributed by atoms with Crippen molar-refractivity contribution < 1.29 is 13.2 Å². The van der Waals surface area contributed by atoms with Crippen molar-refractivity contribution in [1.82, 2.24) is 9.97 Å². The number of nitrogens with zero attached hydrogens (tertiary/aromatic N) is 2. The fourth-order valence-electron chi connectivity index (χ4n) is 1.80. The summed E-state index contributed by atoms with van der Waals surface area (Å²) in [5.74, 6) is 0.101. The second kappa shape index (κ2) is 2.81. The SMILES string of the molecule is FC(F)(F)c1c2[c]ccc1-c1ncc-2cn1. The first kappa shape index (κ1) is 9.33. The van der Waals surface area contributed by atoms with Crippen molar-refractivity contribution in [1.29, 1.82) is 0 Å². The third kappa shape index (κ3) is 1.14. The number of hydrogen-bond acceptors (Lipinski definition) is 2. The Labute approximate surface area is 88.8 Å². The zero-order chi connectivity index (χ0) is 11.3. The normalized spacial score (nSPS) is 12.7. The predicted molar refractivity (Wildman–Crippen MR) is 50.3 cm³/mol. The molecule has 0 saturated carbocycles. The Morgan fingerprint density at radius 3 is 2.44 bits per heavy atom. The molecule has 79 valence electrons. The van der Waals surface area contributed by atoms with Crippen LogP contribution in [0.25, 0.3) is 22.5 Å². The summed E-state index contributed by atoms with van der Waals surface area (Å²) in [4.78, 5) is 7.77. The first-order chi connectivity index (χ1) is 7.57. The topological polar surface area (TPSA) is 25.8 Å². The number of fused-ring (bicyclic) bond motifs is 2. The highest BCUT2D eigenvalue weighted by atomic mass is 19.4. The van der Waals surface area contributed by atoms with Crippen molar-refractivity contribution in [3.63, 3.8) is 0 Å². The van der Waals surface area contributed by atoms with Crippen molar-refractivity contribution in [2.45, 2.75) is 6.18 Å². The molecule has 0 aliphatic carbocycles. The Balaban J connectivity index is 2.46. The van der Waals surface area contributed by atoms with Gasteiger partial charge in [0.2, 0.25) is 0 Å². The first-order valence-corrected chi connectivity index (χ1v) is 4.52. The van der Waals surface area contributed by atoms with Crippen LogP contribution in [0.2, 0.25) is 0 Å². The van der Waals surface area contributed by atoms with Crippen LogP contribution >= 0.6 is 0 Å². The summed E-state index contributed by atoms with van der Waals surface area (Å²) in [5, 5.41) is 0. The van der Waals surface area contributed by atoms with Crippen LogP contribution in [-0.2, 0) is 6.18 Å². The summed E-state index contributed by atoms with van der Waals surface area (Å²) in [6.07, 6.45) is -1.65. The zero-order valence-corrected chi connectivity index (χ0v) is 7.84. The molecule has 1 aromatic carbocycles. The molecular weight excluding hydrogens is 217 g/mol. The molecule has 0 atom stereocenters. The van der Waals surface area contributed by atoms with Gasteiger partial charge >= 0.3 is 6.18 Å². The van der Waals surface area contributed by atoms with Crippen LogP contribution in [0.3, 0.4) is 0 Å². The fraction of sp³-hybridized carbons (Fsp3) is 0.0909. The van der Waals surface area contributed by atoms with Gasteiger partial charge in [0.1, 0.15) is 0 Å². The van der Waals surface area contributed by atoms with Gasteiger partial charge in [-0.1, -0.05) is 6.07 Å². The van der Waals surface area contributed by atoms with Gasteiger partial charge in [0.25, 0.3) is 0 Å². The van der Waals surface area contributed by atoms with E-state index in [0.717, 1.165) is 0 Å². The average molecular weight is 221 g/mol. The van der Waals surface area contributed by atoms with Crippen molar-refractivity contribution in [3.05, 3.63) is 36.2 Å². The molecule has 0 N–H and O–H groups in total. The maximum atomic E-state index is 12.9. The van der Waals surface area contributed by atoms with E-state index in [0.29, 0.717) is 5.56 Å². The summed E-state index contributed by atoms with van der Waals surface area (Å²) in [6, 6.07) is 5.40. The molecule has 1 aromatic heterocycles. The smallest absolute Gasteiger partial charge is 0.236 e. The molecule has 2 aromatic rings. The van der Waals surface area contributed by atoms with E-state index in [-0.39, 0.29) is 17.0 Å². The molecule has 0 amide bonds. The highest BCUT2D eigenvalue weighted by Gasteiger charge is 2.38. The highest BCUT2D eigenvalue weighted by molar-refractivity contribution is 5.78. The summed E-state index contributed by atoms with van der Waals surface area (Å²) < 4.78 is 38.8. The molecule has 5 heteroatoms. The molecule has 2 aliphatic rings. The van der Waals surface area contributed by atoms with E-state index in [9.17, 15) is 13.2 Å². The van der Waals surface area contributed by atoms with E-state index >= 15 is 0 Å². The molecule has 4 rings (SSSR count). The predicted octanol–water partition coefficient (Wildman–Crippen LogP) is 2.94. The molecule has 0 saturated heterocycles. The molecule has 4 bridgehead atoms. The average Bonchev–Trinajstić information content (AvgIpc) is 2.40. The van der Waals surface area contributed by atoms with Crippen LogP contribution in [-0.4, -0.2) is 9.97 Å². The van der Waals surface area contributed by atoms with Crippen molar-refractivity contribution >= 4 is 0 Å². The lowest BCUT2D eigenvalue weighted by Gasteiger charge is -2.12. The van der Waals surface area contributed by atoms with Gasteiger partial charge in [-0.05, 0) is 12.1 Å². The molecule has 0 unspecified atom stereocenters. The Bertz CT molecular complexity index is 517. The Hall–Kier alpha value is -1.91. The number of hydrogen-bond donors (Lipinski definition) is 0. The lowest BCUT2D eigenvalue weighted by molar-refractivity contribution is -0.136. The third-order valence-corrected chi connectivity index (χ3v) is 2.46. The van der Waals surface area contributed by atoms with E-state index in [4.69, 9.17) is 0 Å². The first-order valence-electron chi connectivity index (χ1n) is 4.52. The van der Waals surface area contributed by atoms with Crippen LogP contribution in [0.4, 0.5) is 13.2 Å². The molecule has 0 fully saturated rings. The minimum Gasteiger partial charge on any atom is -0.236 e. The Morgan fingerprint density at radius 1 is 1.12 bits per heavy atom. The van der Waals surface area contributed by atoms with Crippen LogP contribution in [0.5, 0.6) is 0 Å². The number of benzene rings is 1. The largest absolute Gasteiger partial charge is 0.417 e. The number of aromatic nitrogens is 2. The molecule has 3 heterocycles. The second-order valence-corrected chi connectivity index (χ2v) is 3.43. The van der Waals surface area contributed by atoms with E-state index in [1.807, 2.05) is 0 Å². The lowest BCUT2D eigenvalue weighted by atomic mass is 9.98. The monoisotopic (exact) mass is 221 g/mol. The lowest BCUT2D eigenvalue weighted by Crippen LogP contribution is -2.08. The van der Waals surface area contributed by atoms with E-state index in [1.165, 1.54) is 24.5 Å². The van der Waals surface area contributed by atoms with Gasteiger partial charge in [0, 0.05) is 29.1 Å². The summed E-state index contributed by atoms with van der Waals surface area (Å²) in [6.45, 7) is 0. The molecule has 16 heavy (non-hydrogen) atoms. The minimum absolute atomic E-state index is 0.0150. The quantitative estimate of drug-likeness (QED) is 0.583. The van der Waals surface area contributed by atoms with Gasteiger partial charge < -0.3 is 0 Å². The Kier molecular flexibility index (Phi) is 1.64. The van der Waals surface area contributed by atoms with E-state index < -0.39 is 11.7 Å². The zero-order valence-electron chi connectivity index (χ0n) is 7.84. The standard InChI is InChI=1S/C11H4F3N2/c12-11(13,14)9-7-2-1-3-8(9)10-15-4-6(7)5-16-10/h1,3-5H. The van der Waals surface area contributed by atoms with Crippen LogP contribution in [0, 0.1) is 6.07 Å². The minimum atomic E-state index is -4.42. The van der Waals surface area contributed by atoms with Crippen LogP contribution in [0.1, 0.15) is 5.56 Å². The second-order valence-electron chi connectivity index (χ2n) is 3.43. The van der Waals surface area contributed by atoms with Gasteiger partial charge in [-0.2, -0.15) is 13.2 Å². The molecular formula is C11H4F3N2. The highest BCUT2D eigenvalue weighted by Crippen LogP contribution is 2.43. The third-order valence-electron chi connectivity index (χ3n) is 2.46. The van der Waals surface area contributed by atoms with E-state index in [1.54, 1.807) is 0 Å². The van der Waals surface area contributed by atoms with E-state index in [2.05, 4.69) is 16.0 Å². The van der Waals surface area contributed by atoms with Crippen LogP contribution in [0.15, 0.2) is 24.5 Å². The molecule has 0 spiro atoms. The molecule has 2 aliphatic heterocycles.